The minimum Gasteiger partial charge on any atom is -0.480 e. The number of carbonyl (C=O) groups is 2. The average Bonchev–Trinajstić information content (AvgIpc) is 3.00. The van der Waals surface area contributed by atoms with E-state index in [0.717, 1.165) is 27.8 Å². The van der Waals surface area contributed by atoms with E-state index in [-0.39, 0.29) is 16.4 Å². The molecule has 1 aliphatic rings. The number of carboxylic acids is 1. The van der Waals surface area contributed by atoms with Crippen molar-refractivity contribution in [3.63, 3.8) is 0 Å². The lowest BCUT2D eigenvalue weighted by Crippen LogP contribution is -2.45. The molecule has 0 saturated carbocycles. The number of rotatable bonds is 7. The van der Waals surface area contributed by atoms with Crippen molar-refractivity contribution < 1.29 is 19.6 Å². The minimum absolute atomic E-state index is 0.00819. The van der Waals surface area contributed by atoms with Crippen LogP contribution in [-0.4, -0.2) is 37.2 Å². The first-order valence-corrected chi connectivity index (χ1v) is 10.0. The minimum atomic E-state index is -1.13. The van der Waals surface area contributed by atoms with E-state index < -0.39 is 22.8 Å². The van der Waals surface area contributed by atoms with Crippen LogP contribution in [0.25, 0.3) is 6.08 Å². The average molecular weight is 441 g/mol. The Morgan fingerprint density at radius 1 is 1.20 bits per heavy atom. The van der Waals surface area contributed by atoms with Gasteiger partial charge in [-0.2, -0.15) is 0 Å². The van der Waals surface area contributed by atoms with E-state index in [1.165, 1.54) is 12.1 Å². The smallest absolute Gasteiger partial charge is 0.327 e. The summed E-state index contributed by atoms with van der Waals surface area (Å²) in [6.07, 6.45) is 5.02. The molecule has 1 heterocycles. The predicted octanol–water partition coefficient (Wildman–Crippen LogP) is 4.05. The number of carbonyl (C=O) groups excluding carboxylic acids is 1. The second-order valence-corrected chi connectivity index (χ2v) is 8.00. The molecule has 1 saturated heterocycles. The van der Waals surface area contributed by atoms with Gasteiger partial charge in [-0.1, -0.05) is 66.5 Å². The van der Waals surface area contributed by atoms with E-state index >= 15 is 0 Å². The first-order valence-electron chi connectivity index (χ1n) is 8.81. The van der Waals surface area contributed by atoms with Crippen LogP contribution in [0, 0.1) is 10.1 Å². The number of amides is 1. The summed E-state index contributed by atoms with van der Waals surface area (Å²) in [6, 6.07) is 13.9. The van der Waals surface area contributed by atoms with Gasteiger partial charge in [0.05, 0.1) is 9.83 Å². The number of nitro groups is 1. The summed E-state index contributed by atoms with van der Waals surface area (Å²) in [6.45, 7) is 0. The van der Waals surface area contributed by atoms with Gasteiger partial charge in [-0.05, 0) is 29.3 Å². The number of nitro benzene ring substituents is 1. The SMILES string of the molecule is O=C(O)[C@H](Cc1ccccc1)N1C(=O)/C(=C/C=C/c2ccc([N+](=O)[O-])cc2)SC1=S. The fourth-order valence-corrected chi connectivity index (χ4v) is 4.15. The molecule has 1 N–H and O–H groups in total. The molecule has 7 nitrogen and oxygen atoms in total. The molecule has 2 aromatic carbocycles. The largest absolute Gasteiger partial charge is 0.480 e. The van der Waals surface area contributed by atoms with Crippen LogP contribution >= 0.6 is 24.0 Å². The van der Waals surface area contributed by atoms with Crippen LogP contribution in [0.2, 0.25) is 0 Å². The zero-order valence-corrected chi connectivity index (χ0v) is 17.1. The van der Waals surface area contributed by atoms with Crippen LogP contribution < -0.4 is 0 Å². The second kappa shape index (κ2) is 9.47. The fraction of sp³-hybridized carbons (Fsp3) is 0.0952. The molecule has 1 aliphatic heterocycles. The van der Waals surface area contributed by atoms with Gasteiger partial charge in [0, 0.05) is 18.6 Å². The second-order valence-electron chi connectivity index (χ2n) is 6.33. The van der Waals surface area contributed by atoms with Gasteiger partial charge < -0.3 is 5.11 Å². The standard InChI is InChI=1S/C21H16N2O5S2/c24-19-18(8-4-7-14-9-11-16(12-10-14)23(27)28)30-21(29)22(19)17(20(25)26)13-15-5-2-1-3-6-15/h1-12,17H,13H2,(H,25,26)/b7-4+,18-8-/t17-/m0/s1. The summed E-state index contributed by atoms with van der Waals surface area (Å²) in [5.74, 6) is -1.58. The van der Waals surface area contributed by atoms with E-state index in [2.05, 4.69) is 0 Å². The summed E-state index contributed by atoms with van der Waals surface area (Å²) in [5, 5.41) is 20.4. The Labute approximate surface area is 181 Å². The van der Waals surface area contributed by atoms with E-state index in [1.54, 1.807) is 54.6 Å². The normalized spacial score (nSPS) is 16.4. The van der Waals surface area contributed by atoms with Crippen LogP contribution in [0.3, 0.4) is 0 Å². The molecule has 1 amide bonds. The van der Waals surface area contributed by atoms with E-state index in [1.807, 2.05) is 6.07 Å². The van der Waals surface area contributed by atoms with Crippen molar-refractivity contribution in [1.29, 1.82) is 0 Å². The monoisotopic (exact) mass is 440 g/mol. The van der Waals surface area contributed by atoms with Gasteiger partial charge in [-0.3, -0.25) is 19.8 Å². The van der Waals surface area contributed by atoms with E-state index in [4.69, 9.17) is 12.2 Å². The lowest BCUT2D eigenvalue weighted by atomic mass is 10.0. The van der Waals surface area contributed by atoms with Crippen molar-refractivity contribution in [3.8, 4) is 0 Å². The Hall–Kier alpha value is -3.30. The molecule has 0 radical (unpaired) electrons. The topological polar surface area (TPSA) is 101 Å². The Morgan fingerprint density at radius 3 is 2.47 bits per heavy atom. The van der Waals surface area contributed by atoms with Crippen LogP contribution in [0.5, 0.6) is 0 Å². The number of thiocarbonyl (C=S) groups is 1. The molecular formula is C21H16N2O5S2. The van der Waals surface area contributed by atoms with E-state index in [9.17, 15) is 24.8 Å². The van der Waals surface area contributed by atoms with Gasteiger partial charge in [-0.15, -0.1) is 0 Å². The fourth-order valence-electron chi connectivity index (χ4n) is 2.84. The zero-order valence-electron chi connectivity index (χ0n) is 15.5. The summed E-state index contributed by atoms with van der Waals surface area (Å²) in [7, 11) is 0. The maximum absolute atomic E-state index is 12.8. The first kappa shape index (κ1) is 21.4. The van der Waals surface area contributed by atoms with Gasteiger partial charge in [0.2, 0.25) is 0 Å². The van der Waals surface area contributed by atoms with Crippen LogP contribution in [0.1, 0.15) is 11.1 Å². The van der Waals surface area contributed by atoms with Gasteiger partial charge >= 0.3 is 5.97 Å². The molecule has 0 aromatic heterocycles. The van der Waals surface area contributed by atoms with Crippen molar-refractivity contribution in [2.45, 2.75) is 12.5 Å². The number of allylic oxidation sites excluding steroid dienone is 2. The third-order valence-electron chi connectivity index (χ3n) is 4.33. The highest BCUT2D eigenvalue weighted by molar-refractivity contribution is 8.26. The molecule has 0 unspecified atom stereocenters. The molecule has 0 aliphatic carbocycles. The third kappa shape index (κ3) is 5.00. The molecule has 2 aromatic rings. The highest BCUT2D eigenvalue weighted by Crippen LogP contribution is 2.33. The molecule has 1 atom stereocenters. The first-order chi connectivity index (χ1) is 14.4. The Bertz CT molecular complexity index is 1050. The molecule has 152 valence electrons. The quantitative estimate of drug-likeness (QED) is 0.300. The van der Waals surface area contributed by atoms with Crippen LogP contribution in [0.15, 0.2) is 71.7 Å². The van der Waals surface area contributed by atoms with Crippen molar-refractivity contribution >= 4 is 51.9 Å². The highest BCUT2D eigenvalue weighted by atomic mass is 32.2. The number of aliphatic carboxylic acids is 1. The summed E-state index contributed by atoms with van der Waals surface area (Å²) >= 11 is 6.31. The number of hydrogen-bond donors (Lipinski definition) is 1. The Morgan fingerprint density at radius 2 is 1.87 bits per heavy atom. The molecule has 0 spiro atoms. The Balaban J connectivity index is 1.75. The van der Waals surface area contributed by atoms with Gasteiger partial charge in [0.25, 0.3) is 11.6 Å². The number of benzene rings is 2. The number of hydrogen-bond acceptors (Lipinski definition) is 6. The molecule has 30 heavy (non-hydrogen) atoms. The van der Waals surface area contributed by atoms with Crippen molar-refractivity contribution in [2.75, 3.05) is 0 Å². The molecule has 0 bridgehead atoms. The van der Waals surface area contributed by atoms with Crippen molar-refractivity contribution in [2.24, 2.45) is 0 Å². The summed E-state index contributed by atoms with van der Waals surface area (Å²) < 4.78 is 0.193. The molecular weight excluding hydrogens is 424 g/mol. The summed E-state index contributed by atoms with van der Waals surface area (Å²) in [4.78, 5) is 36.3. The van der Waals surface area contributed by atoms with Gasteiger partial charge in [-0.25, -0.2) is 4.79 Å². The molecule has 9 heteroatoms. The maximum Gasteiger partial charge on any atom is 0.327 e. The lowest BCUT2D eigenvalue weighted by Gasteiger charge is -2.23. The lowest BCUT2D eigenvalue weighted by molar-refractivity contribution is -0.384. The van der Waals surface area contributed by atoms with Crippen molar-refractivity contribution in [3.05, 3.63) is 92.9 Å². The van der Waals surface area contributed by atoms with Crippen LogP contribution in [0.4, 0.5) is 5.69 Å². The number of thioether (sulfide) groups is 1. The van der Waals surface area contributed by atoms with Crippen molar-refractivity contribution in [1.82, 2.24) is 4.90 Å². The Kier molecular flexibility index (Phi) is 6.76. The molecule has 3 rings (SSSR count). The van der Waals surface area contributed by atoms with Crippen LogP contribution in [-0.2, 0) is 16.0 Å². The highest BCUT2D eigenvalue weighted by Gasteiger charge is 2.40. The van der Waals surface area contributed by atoms with Gasteiger partial charge in [0.1, 0.15) is 10.4 Å². The third-order valence-corrected chi connectivity index (χ3v) is 5.68. The number of carboxylic acid groups (broad SMARTS) is 1. The van der Waals surface area contributed by atoms with Gasteiger partial charge in [0.15, 0.2) is 0 Å². The zero-order chi connectivity index (χ0) is 21.7. The number of non-ortho nitro benzene ring substituents is 1. The predicted molar refractivity (Wildman–Crippen MR) is 119 cm³/mol. The van der Waals surface area contributed by atoms with E-state index in [0.29, 0.717) is 4.91 Å². The maximum atomic E-state index is 12.8. The number of nitrogens with zero attached hydrogens (tertiary/aromatic N) is 2. The summed E-state index contributed by atoms with van der Waals surface area (Å²) in [5.41, 5.74) is 1.51. The molecule has 1 fully saturated rings.